The van der Waals surface area contributed by atoms with Gasteiger partial charge in [-0.05, 0) is 74.5 Å². The Balaban J connectivity index is 1.59. The Morgan fingerprint density at radius 1 is 1.14 bits per heavy atom. The predicted octanol–water partition coefficient (Wildman–Crippen LogP) is 3.31. The average molecular weight is 406 g/mol. The summed E-state index contributed by atoms with van der Waals surface area (Å²) in [5.74, 6) is -0.339. The van der Waals surface area contributed by atoms with Crippen LogP contribution in [0.3, 0.4) is 0 Å². The van der Waals surface area contributed by atoms with Gasteiger partial charge in [-0.2, -0.15) is 0 Å². The van der Waals surface area contributed by atoms with E-state index in [1.54, 1.807) is 0 Å². The molecule has 0 amide bonds. The maximum absolute atomic E-state index is 13.1. The number of carbonyl (C=O) groups excluding carboxylic acids is 2. The lowest BCUT2D eigenvalue weighted by Gasteiger charge is -2.63. The van der Waals surface area contributed by atoms with Crippen LogP contribution >= 0.6 is 0 Å². The lowest BCUT2D eigenvalue weighted by molar-refractivity contribution is -0.188. The number of aliphatic carboxylic acids is 1. The number of rotatable bonds is 4. The first-order valence-corrected chi connectivity index (χ1v) is 11.2. The zero-order valence-corrected chi connectivity index (χ0v) is 18.0. The highest BCUT2D eigenvalue weighted by molar-refractivity contribution is 5.88. The van der Waals surface area contributed by atoms with Crippen molar-refractivity contribution in [1.29, 1.82) is 0 Å². The fraction of sp³-hybridized carbons (Fsp3) is 0.870. The van der Waals surface area contributed by atoms with Crippen LogP contribution < -0.4 is 5.73 Å². The van der Waals surface area contributed by atoms with Crippen molar-refractivity contribution in [2.24, 2.45) is 39.2 Å². The maximum Gasteiger partial charge on any atom is 0.324 e. The third-order valence-electron chi connectivity index (χ3n) is 9.53. The van der Waals surface area contributed by atoms with Gasteiger partial charge in [0.15, 0.2) is 0 Å². The molecule has 4 rings (SSSR count). The van der Waals surface area contributed by atoms with Crippen LogP contribution in [0.2, 0.25) is 0 Å². The van der Waals surface area contributed by atoms with E-state index in [1.165, 1.54) is 0 Å². The molecule has 0 heterocycles. The summed E-state index contributed by atoms with van der Waals surface area (Å²) in [5.41, 5.74) is 4.92. The van der Waals surface area contributed by atoms with Crippen molar-refractivity contribution in [3.63, 3.8) is 0 Å². The van der Waals surface area contributed by atoms with Crippen LogP contribution in [0.1, 0.15) is 78.6 Å². The highest BCUT2D eigenvalue weighted by Crippen LogP contribution is 2.73. The number of Topliss-reactive ketones (excluding diaryl/α,β-unsaturated/α-hetero) is 1. The van der Waals surface area contributed by atoms with E-state index in [2.05, 4.69) is 13.8 Å². The summed E-state index contributed by atoms with van der Waals surface area (Å²) >= 11 is 0. The van der Waals surface area contributed by atoms with Crippen molar-refractivity contribution in [2.75, 3.05) is 6.61 Å². The van der Waals surface area contributed by atoms with E-state index in [0.717, 1.165) is 51.4 Å². The first kappa shape index (κ1) is 20.8. The Morgan fingerprint density at radius 3 is 2.52 bits per heavy atom. The number of fused-ring (bicyclic) bond motifs is 3. The second-order valence-corrected chi connectivity index (χ2v) is 11.2. The minimum Gasteiger partial charge on any atom is -0.480 e. The Hall–Kier alpha value is -1.43. The van der Waals surface area contributed by atoms with Crippen molar-refractivity contribution in [3.8, 4) is 0 Å². The molecule has 6 heteroatoms. The van der Waals surface area contributed by atoms with Gasteiger partial charge >= 0.3 is 11.9 Å². The van der Waals surface area contributed by atoms with E-state index in [-0.39, 0.29) is 34.7 Å². The van der Waals surface area contributed by atoms with Gasteiger partial charge in [0.2, 0.25) is 0 Å². The van der Waals surface area contributed by atoms with E-state index in [9.17, 15) is 14.4 Å². The van der Waals surface area contributed by atoms with Crippen molar-refractivity contribution in [1.82, 2.24) is 0 Å². The molecule has 0 aromatic rings. The van der Waals surface area contributed by atoms with E-state index < -0.39 is 17.4 Å². The van der Waals surface area contributed by atoms with Gasteiger partial charge in [-0.3, -0.25) is 14.4 Å². The molecule has 4 aliphatic rings. The molecule has 0 unspecified atom stereocenters. The summed E-state index contributed by atoms with van der Waals surface area (Å²) in [7, 11) is 0. The molecule has 162 valence electrons. The summed E-state index contributed by atoms with van der Waals surface area (Å²) in [6.45, 7) is 6.23. The molecule has 3 N–H and O–H groups in total. The summed E-state index contributed by atoms with van der Waals surface area (Å²) < 4.78 is 5.43. The molecule has 2 bridgehead atoms. The fourth-order valence-electron chi connectivity index (χ4n) is 8.15. The third kappa shape index (κ3) is 2.88. The molecule has 7 atom stereocenters. The van der Waals surface area contributed by atoms with Gasteiger partial charge in [-0.25, -0.2) is 0 Å². The van der Waals surface area contributed by atoms with Crippen molar-refractivity contribution < 1.29 is 24.2 Å². The molecule has 0 aliphatic heterocycles. The lowest BCUT2D eigenvalue weighted by Crippen LogP contribution is -2.59. The summed E-state index contributed by atoms with van der Waals surface area (Å²) in [6, 6.07) is -1.19. The highest BCUT2D eigenvalue weighted by atomic mass is 16.5. The Kier molecular flexibility index (Phi) is 4.69. The molecule has 0 aromatic heterocycles. The number of esters is 1. The van der Waals surface area contributed by atoms with Gasteiger partial charge < -0.3 is 15.6 Å². The Bertz CT molecular complexity index is 752. The molecule has 0 aromatic carbocycles. The van der Waals surface area contributed by atoms with Gasteiger partial charge in [-0.1, -0.05) is 20.3 Å². The maximum atomic E-state index is 13.1. The Morgan fingerprint density at radius 2 is 1.83 bits per heavy atom. The van der Waals surface area contributed by atoms with Crippen LogP contribution in [0, 0.1) is 33.5 Å². The quantitative estimate of drug-likeness (QED) is 0.695. The lowest BCUT2D eigenvalue weighted by atomic mass is 9.40. The summed E-state index contributed by atoms with van der Waals surface area (Å²) in [6.07, 6.45) is 8.54. The minimum atomic E-state index is -1.19. The molecule has 0 radical (unpaired) electrons. The van der Waals surface area contributed by atoms with Crippen molar-refractivity contribution in [3.05, 3.63) is 0 Å². The first-order chi connectivity index (χ1) is 13.5. The zero-order valence-electron chi connectivity index (χ0n) is 18.0. The van der Waals surface area contributed by atoms with E-state index in [1.807, 2.05) is 6.92 Å². The third-order valence-corrected chi connectivity index (χ3v) is 9.53. The fourth-order valence-corrected chi connectivity index (χ4v) is 8.15. The van der Waals surface area contributed by atoms with E-state index in [4.69, 9.17) is 15.6 Å². The van der Waals surface area contributed by atoms with Gasteiger partial charge in [0.25, 0.3) is 0 Å². The van der Waals surface area contributed by atoms with Crippen LogP contribution in [0.4, 0.5) is 0 Å². The number of ether oxygens (including phenoxy) is 1. The largest absolute Gasteiger partial charge is 0.480 e. The van der Waals surface area contributed by atoms with Crippen LogP contribution in [-0.4, -0.2) is 35.5 Å². The van der Waals surface area contributed by atoms with Gasteiger partial charge in [0.05, 0.1) is 5.41 Å². The molecule has 0 saturated heterocycles. The number of carbonyl (C=O) groups is 3. The SMILES string of the molecule is C[C@@]12CC[C@@H]3[C@@](CC[C@H]4[C@@]3(C)CCC[C@@]4(C)C(=O)OC[C@H](N)C(=O)O)(CC1=O)C2. The van der Waals surface area contributed by atoms with Crippen LogP contribution in [-0.2, 0) is 19.1 Å². The van der Waals surface area contributed by atoms with Crippen LogP contribution in [0.15, 0.2) is 0 Å². The minimum absolute atomic E-state index is 0.0190. The molecule has 4 aliphatic carbocycles. The number of nitrogens with two attached hydrogens (primary N) is 1. The first-order valence-electron chi connectivity index (χ1n) is 11.2. The number of carboxylic acid groups (broad SMARTS) is 1. The molecule has 1 spiro atoms. The second kappa shape index (κ2) is 6.53. The Labute approximate surface area is 172 Å². The predicted molar refractivity (Wildman–Crippen MR) is 107 cm³/mol. The van der Waals surface area contributed by atoms with Crippen molar-refractivity contribution in [2.45, 2.75) is 84.6 Å². The molecular formula is C23H35NO5. The molecule has 4 fully saturated rings. The highest BCUT2D eigenvalue weighted by Gasteiger charge is 2.68. The van der Waals surface area contributed by atoms with Gasteiger partial charge in [0.1, 0.15) is 18.4 Å². The van der Waals surface area contributed by atoms with Crippen LogP contribution in [0.5, 0.6) is 0 Å². The molecular weight excluding hydrogens is 370 g/mol. The standard InChI is InChI=1S/C23H35NO5/c1-20-9-5-16-21(2)7-4-8-22(3,19(28)29-12-14(24)18(26)27)15(21)6-10-23(16,13-20)11-17(20)25/h14-16H,4-13,24H2,1-3H3,(H,26,27)/t14-,15-,16-,20-,21+,22+,23-/m0/s1. The molecule has 29 heavy (non-hydrogen) atoms. The number of hydrogen-bond donors (Lipinski definition) is 2. The summed E-state index contributed by atoms with van der Waals surface area (Å²) in [5, 5.41) is 8.99. The van der Waals surface area contributed by atoms with Gasteiger partial charge in [0, 0.05) is 11.8 Å². The molecule has 4 saturated carbocycles. The van der Waals surface area contributed by atoms with Crippen molar-refractivity contribution >= 4 is 17.7 Å². The normalized spacial score (nSPS) is 47.1. The van der Waals surface area contributed by atoms with Crippen LogP contribution in [0.25, 0.3) is 0 Å². The van der Waals surface area contributed by atoms with E-state index >= 15 is 0 Å². The van der Waals surface area contributed by atoms with Gasteiger partial charge in [-0.15, -0.1) is 0 Å². The smallest absolute Gasteiger partial charge is 0.324 e. The summed E-state index contributed by atoms with van der Waals surface area (Å²) in [4.78, 5) is 36.9. The second-order valence-electron chi connectivity index (χ2n) is 11.2. The van der Waals surface area contributed by atoms with E-state index in [0.29, 0.717) is 18.1 Å². The average Bonchev–Trinajstić information content (AvgIpc) is 2.82. The molecule has 6 nitrogen and oxygen atoms in total. The monoisotopic (exact) mass is 405 g/mol. The number of carboxylic acids is 1. The number of ketones is 1. The zero-order chi connectivity index (χ0) is 21.2. The topological polar surface area (TPSA) is 107 Å². The number of hydrogen-bond acceptors (Lipinski definition) is 5.